The minimum atomic E-state index is -1.53. The number of nitrogens with zero attached hydrogens (tertiary/aromatic N) is 1. The van der Waals surface area contributed by atoms with Crippen LogP contribution in [0.15, 0.2) is 0 Å². The Hall–Kier alpha value is -2.16. The summed E-state index contributed by atoms with van der Waals surface area (Å²) in [6.07, 6.45) is -0.700. The Balaban J connectivity index is 2.08. The molecule has 0 aromatic heterocycles. The molecule has 0 aromatic rings. The first-order valence-electron chi connectivity index (χ1n) is 7.35. The van der Waals surface area contributed by atoms with Gasteiger partial charge in [0, 0.05) is 13.1 Å². The lowest BCUT2D eigenvalue weighted by Gasteiger charge is -2.29. The summed E-state index contributed by atoms with van der Waals surface area (Å²) in [5.41, 5.74) is -2.28. The van der Waals surface area contributed by atoms with Gasteiger partial charge in [0.15, 0.2) is 5.54 Å². The normalized spacial score (nSPS) is 28.6. The van der Waals surface area contributed by atoms with E-state index in [1.165, 1.54) is 0 Å². The maximum atomic E-state index is 11.9. The first-order valence-corrected chi connectivity index (χ1v) is 7.35. The number of carbonyl (C=O) groups is 4. The van der Waals surface area contributed by atoms with Crippen molar-refractivity contribution in [2.45, 2.75) is 50.8 Å². The van der Waals surface area contributed by atoms with Crippen LogP contribution in [0, 0.1) is 0 Å². The number of carboxylic acid groups (broad SMARTS) is 1. The largest absolute Gasteiger partial charge is 0.479 e. The van der Waals surface area contributed by atoms with Crippen LogP contribution in [0.3, 0.4) is 0 Å². The molecule has 9 nitrogen and oxygen atoms in total. The van der Waals surface area contributed by atoms with Crippen LogP contribution in [0.1, 0.15) is 33.6 Å². The lowest BCUT2D eigenvalue weighted by molar-refractivity contribution is -0.144. The molecule has 2 heterocycles. The minimum absolute atomic E-state index is 0.000962. The second kappa shape index (κ2) is 5.80. The monoisotopic (exact) mass is 327 g/mol. The lowest BCUT2D eigenvalue weighted by atomic mass is 9.99. The lowest BCUT2D eigenvalue weighted by Crippen LogP contribution is -2.58. The Morgan fingerprint density at radius 1 is 1.39 bits per heavy atom. The van der Waals surface area contributed by atoms with E-state index >= 15 is 0 Å². The van der Waals surface area contributed by atoms with Crippen molar-refractivity contribution in [3.63, 3.8) is 0 Å². The van der Waals surface area contributed by atoms with E-state index in [1.807, 2.05) is 0 Å². The fraction of sp³-hybridized carbons (Fsp3) is 0.714. The summed E-state index contributed by atoms with van der Waals surface area (Å²) < 4.78 is 5.11. The van der Waals surface area contributed by atoms with Crippen LogP contribution in [0.5, 0.6) is 0 Å². The van der Waals surface area contributed by atoms with Crippen molar-refractivity contribution >= 4 is 23.9 Å². The van der Waals surface area contributed by atoms with Gasteiger partial charge in [-0.15, -0.1) is 0 Å². The molecule has 2 aliphatic rings. The molecule has 2 fully saturated rings. The molecule has 0 bridgehead atoms. The molecule has 0 radical (unpaired) electrons. The summed E-state index contributed by atoms with van der Waals surface area (Å²) in [6.45, 7) is 5.25. The number of amides is 3. The highest BCUT2D eigenvalue weighted by Gasteiger charge is 2.50. The van der Waals surface area contributed by atoms with Crippen LogP contribution in [0.4, 0.5) is 4.79 Å². The molecule has 0 aromatic carbocycles. The van der Waals surface area contributed by atoms with Crippen LogP contribution in [0.25, 0.3) is 0 Å². The molecule has 0 spiro atoms. The van der Waals surface area contributed by atoms with E-state index in [2.05, 4.69) is 10.6 Å². The van der Waals surface area contributed by atoms with Crippen LogP contribution in [-0.4, -0.2) is 64.2 Å². The summed E-state index contributed by atoms with van der Waals surface area (Å²) in [6, 6.07) is -0.691. The second-order valence-electron chi connectivity index (χ2n) is 6.87. The molecule has 0 saturated carbocycles. The summed E-state index contributed by atoms with van der Waals surface area (Å²) in [5, 5.41) is 14.1. The number of carboxylic acids is 1. The van der Waals surface area contributed by atoms with Gasteiger partial charge in [-0.3, -0.25) is 19.8 Å². The molecule has 2 rings (SSSR count). The molecule has 2 aliphatic heterocycles. The number of ether oxygens (including phenoxy) is 1. The first-order chi connectivity index (χ1) is 10.5. The van der Waals surface area contributed by atoms with Crippen molar-refractivity contribution in [1.82, 2.24) is 15.5 Å². The van der Waals surface area contributed by atoms with Gasteiger partial charge in [0.25, 0.3) is 0 Å². The molecular weight excluding hydrogens is 306 g/mol. The van der Waals surface area contributed by atoms with Gasteiger partial charge in [-0.25, -0.2) is 9.59 Å². The average Bonchev–Trinajstić information content (AvgIpc) is 2.91. The topological polar surface area (TPSA) is 125 Å². The highest BCUT2D eigenvalue weighted by atomic mass is 16.6. The van der Waals surface area contributed by atoms with Gasteiger partial charge in [-0.05, 0) is 27.2 Å². The number of rotatable bonds is 3. The molecule has 3 N–H and O–H groups in total. The minimum Gasteiger partial charge on any atom is -0.479 e. The van der Waals surface area contributed by atoms with Crippen LogP contribution in [-0.2, 0) is 19.1 Å². The number of likely N-dealkylation sites (tertiary alicyclic amines) is 1. The first kappa shape index (κ1) is 17.2. The maximum Gasteiger partial charge on any atom is 0.408 e. The quantitative estimate of drug-likeness (QED) is 0.594. The number of aliphatic carboxylic acids is 1. The molecule has 128 valence electrons. The van der Waals surface area contributed by atoms with Crippen molar-refractivity contribution in [2.75, 3.05) is 13.1 Å². The van der Waals surface area contributed by atoms with Crippen LogP contribution < -0.4 is 10.6 Å². The predicted octanol–water partition coefficient (Wildman–Crippen LogP) is -0.545. The van der Waals surface area contributed by atoms with Gasteiger partial charge in [0.1, 0.15) is 5.60 Å². The molecule has 9 heteroatoms. The Kier molecular flexibility index (Phi) is 4.34. The van der Waals surface area contributed by atoms with E-state index in [0.717, 1.165) is 0 Å². The van der Waals surface area contributed by atoms with Gasteiger partial charge >= 0.3 is 12.1 Å². The highest BCUT2D eigenvalue weighted by molar-refractivity contribution is 6.05. The summed E-state index contributed by atoms with van der Waals surface area (Å²) in [7, 11) is 0. The maximum absolute atomic E-state index is 11.9. The summed E-state index contributed by atoms with van der Waals surface area (Å²) in [5.74, 6) is -2.02. The zero-order chi connectivity index (χ0) is 17.4. The van der Waals surface area contributed by atoms with Crippen molar-refractivity contribution in [3.8, 4) is 0 Å². The Morgan fingerprint density at radius 3 is 2.52 bits per heavy atom. The molecule has 23 heavy (non-hydrogen) atoms. The number of hydrogen-bond acceptors (Lipinski definition) is 6. The number of nitrogens with one attached hydrogen (secondary N) is 2. The van der Waals surface area contributed by atoms with Gasteiger partial charge in [0.05, 0.1) is 12.5 Å². The molecule has 3 amide bonds. The molecule has 0 aliphatic carbocycles. The Labute approximate surface area is 133 Å². The SMILES string of the molecule is CC(C)(C)OC(=O)NC1(C(=O)O)CCN(C2CC(=O)NC2=O)C1. The zero-order valence-corrected chi connectivity index (χ0v) is 13.3. The number of carbonyl (C=O) groups excluding carboxylic acids is 3. The number of imide groups is 1. The number of alkyl carbamates (subject to hydrolysis) is 1. The standard InChI is InChI=1S/C14H21N3O6/c1-13(2,3)23-12(22)16-14(11(20)21)4-5-17(7-14)8-6-9(18)15-10(8)19/h8H,4-7H2,1-3H3,(H,16,22)(H,20,21)(H,15,18,19). The van der Waals surface area contributed by atoms with E-state index < -0.39 is 35.2 Å². The van der Waals surface area contributed by atoms with Gasteiger partial charge in [0.2, 0.25) is 11.8 Å². The van der Waals surface area contributed by atoms with Crippen molar-refractivity contribution in [3.05, 3.63) is 0 Å². The third kappa shape index (κ3) is 3.79. The van der Waals surface area contributed by atoms with E-state index in [9.17, 15) is 24.3 Å². The second-order valence-corrected chi connectivity index (χ2v) is 6.87. The fourth-order valence-corrected chi connectivity index (χ4v) is 2.77. The summed E-state index contributed by atoms with van der Waals surface area (Å²) in [4.78, 5) is 48.2. The third-order valence-electron chi connectivity index (χ3n) is 3.83. The summed E-state index contributed by atoms with van der Waals surface area (Å²) >= 11 is 0. The van der Waals surface area contributed by atoms with Crippen molar-refractivity contribution in [1.29, 1.82) is 0 Å². The highest BCUT2D eigenvalue weighted by Crippen LogP contribution is 2.26. The van der Waals surface area contributed by atoms with Crippen molar-refractivity contribution < 1.29 is 29.0 Å². The third-order valence-corrected chi connectivity index (χ3v) is 3.83. The Bertz CT molecular complexity index is 555. The predicted molar refractivity (Wildman–Crippen MR) is 77.5 cm³/mol. The molecular formula is C14H21N3O6. The average molecular weight is 327 g/mol. The van der Waals surface area contributed by atoms with Crippen LogP contribution >= 0.6 is 0 Å². The molecule has 2 unspecified atom stereocenters. The van der Waals surface area contributed by atoms with Gasteiger partial charge in [-0.2, -0.15) is 0 Å². The van der Waals surface area contributed by atoms with Crippen molar-refractivity contribution in [2.24, 2.45) is 0 Å². The van der Waals surface area contributed by atoms with E-state index in [-0.39, 0.29) is 31.8 Å². The van der Waals surface area contributed by atoms with E-state index in [1.54, 1.807) is 25.7 Å². The fourth-order valence-electron chi connectivity index (χ4n) is 2.77. The Morgan fingerprint density at radius 2 is 2.04 bits per heavy atom. The van der Waals surface area contributed by atoms with Gasteiger partial charge < -0.3 is 15.2 Å². The number of hydrogen-bond donors (Lipinski definition) is 3. The molecule has 2 atom stereocenters. The smallest absolute Gasteiger partial charge is 0.408 e. The zero-order valence-electron chi connectivity index (χ0n) is 13.3. The van der Waals surface area contributed by atoms with Crippen LogP contribution in [0.2, 0.25) is 0 Å². The van der Waals surface area contributed by atoms with Gasteiger partial charge in [-0.1, -0.05) is 0 Å². The molecule has 2 saturated heterocycles. The van der Waals surface area contributed by atoms with E-state index in [4.69, 9.17) is 4.74 Å². The van der Waals surface area contributed by atoms with E-state index in [0.29, 0.717) is 0 Å².